The van der Waals surface area contributed by atoms with Gasteiger partial charge in [0, 0.05) is 30.0 Å². The molecular formula is C16H27N3O2S. The molecule has 1 saturated carbocycles. The third kappa shape index (κ3) is 4.69. The van der Waals surface area contributed by atoms with Crippen molar-refractivity contribution in [1.82, 2.24) is 15.5 Å². The molecule has 0 radical (unpaired) electrons. The second kappa shape index (κ2) is 8.50. The molecule has 3 atom stereocenters. The molecule has 1 aliphatic rings. The lowest BCUT2D eigenvalue weighted by molar-refractivity contribution is 0.153. The van der Waals surface area contributed by atoms with Crippen LogP contribution in [0.2, 0.25) is 0 Å². The fourth-order valence-corrected chi connectivity index (χ4v) is 3.97. The molecule has 0 bridgehead atoms. The lowest BCUT2D eigenvalue weighted by atomic mass is 9.85. The number of likely N-dealkylation sites (N-methyl/N-ethyl adjacent to an activating group) is 1. The van der Waals surface area contributed by atoms with Crippen LogP contribution in [-0.4, -0.2) is 49.3 Å². The quantitative estimate of drug-likeness (QED) is 0.751. The number of carbonyl (C=O) groups excluding carboxylic acids is 1. The van der Waals surface area contributed by atoms with Gasteiger partial charge in [-0.3, -0.25) is 0 Å². The molecule has 0 aromatic carbocycles. The maximum Gasteiger partial charge on any atom is 0.315 e. The standard InChI is InChI=1S/C16H27N3O2S/c1-19(2)14(15-8-5-9-22-15)10-17-16(21)18-13-7-4-3-6-12(13)11-20/h5,8-9,12-14,20H,3-4,6-7,10-11H2,1-2H3,(H2,17,18,21). The van der Waals surface area contributed by atoms with Crippen LogP contribution in [0.3, 0.4) is 0 Å². The number of carbonyl (C=O) groups is 1. The minimum absolute atomic E-state index is 0.0956. The van der Waals surface area contributed by atoms with E-state index in [1.54, 1.807) is 11.3 Å². The molecule has 2 rings (SSSR count). The molecule has 1 aromatic heterocycles. The van der Waals surface area contributed by atoms with Crippen molar-refractivity contribution in [3.8, 4) is 0 Å². The summed E-state index contributed by atoms with van der Waals surface area (Å²) >= 11 is 1.70. The summed E-state index contributed by atoms with van der Waals surface area (Å²) in [5.74, 6) is 0.196. The Hall–Kier alpha value is -1.11. The molecule has 124 valence electrons. The molecule has 1 aromatic rings. The van der Waals surface area contributed by atoms with Gasteiger partial charge >= 0.3 is 6.03 Å². The zero-order valence-corrected chi connectivity index (χ0v) is 14.2. The fraction of sp³-hybridized carbons (Fsp3) is 0.688. The van der Waals surface area contributed by atoms with Crippen LogP contribution in [0, 0.1) is 5.92 Å². The molecule has 1 aliphatic carbocycles. The monoisotopic (exact) mass is 325 g/mol. The van der Waals surface area contributed by atoms with Crippen molar-refractivity contribution in [2.24, 2.45) is 5.92 Å². The molecule has 0 aliphatic heterocycles. The van der Waals surface area contributed by atoms with Crippen molar-refractivity contribution in [1.29, 1.82) is 0 Å². The van der Waals surface area contributed by atoms with E-state index in [0.717, 1.165) is 25.7 Å². The number of urea groups is 1. The van der Waals surface area contributed by atoms with Crippen LogP contribution >= 0.6 is 11.3 Å². The number of hydrogen-bond acceptors (Lipinski definition) is 4. The highest BCUT2D eigenvalue weighted by molar-refractivity contribution is 7.10. The van der Waals surface area contributed by atoms with Gasteiger partial charge in [0.05, 0.1) is 6.04 Å². The first kappa shape index (κ1) is 17.2. The number of aliphatic hydroxyl groups is 1. The van der Waals surface area contributed by atoms with E-state index in [9.17, 15) is 9.90 Å². The van der Waals surface area contributed by atoms with Crippen LogP contribution in [0.25, 0.3) is 0 Å². The molecule has 22 heavy (non-hydrogen) atoms. The molecule has 5 nitrogen and oxygen atoms in total. The van der Waals surface area contributed by atoms with Crippen molar-refractivity contribution in [2.45, 2.75) is 37.8 Å². The van der Waals surface area contributed by atoms with E-state index in [1.165, 1.54) is 4.88 Å². The minimum Gasteiger partial charge on any atom is -0.396 e. The summed E-state index contributed by atoms with van der Waals surface area (Å²) in [5.41, 5.74) is 0. The Morgan fingerprint density at radius 3 is 2.86 bits per heavy atom. The highest BCUT2D eigenvalue weighted by Crippen LogP contribution is 2.24. The highest BCUT2D eigenvalue weighted by atomic mass is 32.1. The summed E-state index contributed by atoms with van der Waals surface area (Å²) in [6, 6.07) is 4.28. The van der Waals surface area contributed by atoms with E-state index >= 15 is 0 Å². The molecule has 3 unspecified atom stereocenters. The van der Waals surface area contributed by atoms with E-state index in [1.807, 2.05) is 20.2 Å². The van der Waals surface area contributed by atoms with Crippen LogP contribution in [0.15, 0.2) is 17.5 Å². The SMILES string of the molecule is CN(C)C(CNC(=O)NC1CCCCC1CO)c1cccs1. The first-order chi connectivity index (χ1) is 10.6. The summed E-state index contributed by atoms with van der Waals surface area (Å²) < 4.78 is 0. The normalized spacial score (nSPS) is 23.3. The molecule has 6 heteroatoms. The summed E-state index contributed by atoms with van der Waals surface area (Å²) in [6.07, 6.45) is 4.22. The molecule has 1 heterocycles. The Balaban J connectivity index is 1.83. The van der Waals surface area contributed by atoms with Crippen LogP contribution in [0.1, 0.15) is 36.6 Å². The number of hydrogen-bond donors (Lipinski definition) is 3. The molecule has 2 amide bonds. The van der Waals surface area contributed by atoms with Crippen molar-refractivity contribution >= 4 is 17.4 Å². The van der Waals surface area contributed by atoms with E-state index in [-0.39, 0.29) is 30.6 Å². The third-order valence-corrected chi connectivity index (χ3v) is 5.38. The summed E-state index contributed by atoms with van der Waals surface area (Å²) in [7, 11) is 4.04. The number of rotatable bonds is 6. The van der Waals surface area contributed by atoms with E-state index in [4.69, 9.17) is 0 Å². The predicted molar refractivity (Wildman–Crippen MR) is 90.1 cm³/mol. The second-order valence-electron chi connectivity index (χ2n) is 6.18. The number of amides is 2. The van der Waals surface area contributed by atoms with Gasteiger partial charge in [0.2, 0.25) is 0 Å². The second-order valence-corrected chi connectivity index (χ2v) is 7.16. The minimum atomic E-state index is -0.131. The molecule has 1 fully saturated rings. The van der Waals surface area contributed by atoms with E-state index < -0.39 is 0 Å². The van der Waals surface area contributed by atoms with Gasteiger partial charge in [-0.15, -0.1) is 11.3 Å². The van der Waals surface area contributed by atoms with Gasteiger partial charge in [0.25, 0.3) is 0 Å². The van der Waals surface area contributed by atoms with Gasteiger partial charge in [-0.25, -0.2) is 4.79 Å². The summed E-state index contributed by atoms with van der Waals surface area (Å²) in [4.78, 5) is 15.5. The Bertz CT molecular complexity index is 450. The van der Waals surface area contributed by atoms with Gasteiger partial charge in [-0.2, -0.15) is 0 Å². The lowest BCUT2D eigenvalue weighted by Crippen LogP contribution is -2.49. The van der Waals surface area contributed by atoms with Gasteiger partial charge in [0.15, 0.2) is 0 Å². The number of aliphatic hydroxyl groups excluding tert-OH is 1. The summed E-state index contributed by atoms with van der Waals surface area (Å²) in [6.45, 7) is 0.732. The zero-order chi connectivity index (χ0) is 15.9. The number of thiophene rings is 1. The Kier molecular flexibility index (Phi) is 6.67. The molecule has 0 spiro atoms. The molecule has 0 saturated heterocycles. The van der Waals surface area contributed by atoms with Gasteiger partial charge < -0.3 is 20.6 Å². The van der Waals surface area contributed by atoms with Crippen LogP contribution in [0.4, 0.5) is 4.79 Å². The average Bonchev–Trinajstić information content (AvgIpc) is 3.01. The van der Waals surface area contributed by atoms with E-state index in [0.29, 0.717) is 6.54 Å². The fourth-order valence-electron chi connectivity index (χ4n) is 3.04. The van der Waals surface area contributed by atoms with Crippen LogP contribution in [-0.2, 0) is 0 Å². The Morgan fingerprint density at radius 1 is 1.45 bits per heavy atom. The maximum atomic E-state index is 12.2. The van der Waals surface area contributed by atoms with Gasteiger partial charge in [0.1, 0.15) is 0 Å². The smallest absolute Gasteiger partial charge is 0.315 e. The third-order valence-electron chi connectivity index (χ3n) is 4.41. The lowest BCUT2D eigenvalue weighted by Gasteiger charge is -2.31. The number of nitrogens with zero attached hydrogens (tertiary/aromatic N) is 1. The number of nitrogens with one attached hydrogen (secondary N) is 2. The maximum absolute atomic E-state index is 12.2. The Labute approximate surface area is 136 Å². The van der Waals surface area contributed by atoms with Crippen LogP contribution in [0.5, 0.6) is 0 Å². The van der Waals surface area contributed by atoms with Crippen molar-refractivity contribution in [3.63, 3.8) is 0 Å². The van der Waals surface area contributed by atoms with Gasteiger partial charge in [-0.1, -0.05) is 18.9 Å². The largest absolute Gasteiger partial charge is 0.396 e. The Morgan fingerprint density at radius 2 is 2.23 bits per heavy atom. The molecular weight excluding hydrogens is 298 g/mol. The van der Waals surface area contributed by atoms with Crippen molar-refractivity contribution in [2.75, 3.05) is 27.2 Å². The van der Waals surface area contributed by atoms with E-state index in [2.05, 4.69) is 27.0 Å². The van der Waals surface area contributed by atoms with Crippen LogP contribution < -0.4 is 10.6 Å². The topological polar surface area (TPSA) is 64.6 Å². The van der Waals surface area contributed by atoms with Crippen molar-refractivity contribution in [3.05, 3.63) is 22.4 Å². The first-order valence-electron chi connectivity index (χ1n) is 7.97. The van der Waals surface area contributed by atoms with Crippen molar-refractivity contribution < 1.29 is 9.90 Å². The highest BCUT2D eigenvalue weighted by Gasteiger charge is 2.26. The zero-order valence-electron chi connectivity index (χ0n) is 13.4. The first-order valence-corrected chi connectivity index (χ1v) is 8.85. The predicted octanol–water partition coefficient (Wildman–Crippen LogP) is 2.20. The average molecular weight is 325 g/mol. The van der Waals surface area contributed by atoms with Gasteiger partial charge in [-0.05, 0) is 38.4 Å². The molecule has 3 N–H and O–H groups in total. The summed E-state index contributed by atoms with van der Waals surface area (Å²) in [5, 5.41) is 17.5.